The van der Waals surface area contributed by atoms with Gasteiger partial charge in [-0.3, -0.25) is 19.8 Å². The minimum Gasteiger partial charge on any atom is -0.493 e. The topological polar surface area (TPSA) is 142 Å². The summed E-state index contributed by atoms with van der Waals surface area (Å²) in [4.78, 5) is 49.5. The highest BCUT2D eigenvalue weighted by Crippen LogP contribution is 2.38. The molecule has 0 saturated carbocycles. The predicted octanol–water partition coefficient (Wildman–Crippen LogP) is 4.26. The number of anilines is 1. The minimum absolute atomic E-state index is 0.0485. The summed E-state index contributed by atoms with van der Waals surface area (Å²) in [5.74, 6) is -2.98. The van der Waals surface area contributed by atoms with E-state index in [4.69, 9.17) is 26.8 Å². The Morgan fingerprint density at radius 2 is 1.72 bits per heavy atom. The number of carbonyl (C=O) groups is 4. The predicted molar refractivity (Wildman–Crippen MR) is 148 cm³/mol. The molecule has 0 bridgehead atoms. The lowest BCUT2D eigenvalue weighted by molar-refractivity contribution is -0.122. The first kappa shape index (κ1) is 27.5. The fourth-order valence-electron chi connectivity index (χ4n) is 3.70. The van der Waals surface area contributed by atoms with Crippen molar-refractivity contribution in [1.82, 2.24) is 5.32 Å². The van der Waals surface area contributed by atoms with E-state index in [2.05, 4.69) is 21.2 Å². The van der Waals surface area contributed by atoms with Crippen LogP contribution in [-0.4, -0.2) is 46.2 Å². The number of aromatic carboxylic acids is 2. The maximum Gasteiger partial charge on any atom is 0.335 e. The lowest BCUT2D eigenvalue weighted by Gasteiger charge is -2.29. The molecule has 0 aliphatic carbocycles. The van der Waals surface area contributed by atoms with Crippen molar-refractivity contribution >= 4 is 68.8 Å². The molecular formula is C27H19BrN2O8S. The van der Waals surface area contributed by atoms with Crippen LogP contribution in [0.4, 0.5) is 5.69 Å². The van der Waals surface area contributed by atoms with Crippen LogP contribution in [-0.2, 0) is 16.2 Å². The van der Waals surface area contributed by atoms with Crippen molar-refractivity contribution in [1.29, 1.82) is 0 Å². The second-order valence-corrected chi connectivity index (χ2v) is 9.38. The Morgan fingerprint density at radius 3 is 2.36 bits per heavy atom. The van der Waals surface area contributed by atoms with Crippen LogP contribution in [0.25, 0.3) is 6.08 Å². The maximum absolute atomic E-state index is 13.3. The Morgan fingerprint density at radius 1 is 1.03 bits per heavy atom. The fourth-order valence-corrected chi connectivity index (χ4v) is 4.55. The monoisotopic (exact) mass is 610 g/mol. The van der Waals surface area contributed by atoms with Crippen molar-refractivity contribution in [3.8, 4) is 11.5 Å². The number of nitrogens with zero attached hydrogens (tertiary/aromatic N) is 1. The molecule has 1 aliphatic heterocycles. The molecule has 0 spiro atoms. The number of thiocarbonyl (C=S) groups is 1. The first-order valence-corrected chi connectivity index (χ1v) is 12.4. The first-order valence-electron chi connectivity index (χ1n) is 11.2. The minimum atomic E-state index is -1.18. The van der Waals surface area contributed by atoms with E-state index in [1.54, 1.807) is 24.3 Å². The zero-order valence-electron chi connectivity index (χ0n) is 20.1. The molecule has 1 fully saturated rings. The normalized spacial score (nSPS) is 14.3. The standard InChI is InChI=1S/C27H19BrN2O8S/c1-37-21-11-15(10-20(28)22(21)38-13-14-5-7-16(8-6-14)25(33)34)9-19-23(31)29-27(39)30(24(19)32)18-4-2-3-17(12-18)26(35)36/h2-12H,13H2,1H3,(H,33,34)(H,35,36)(H,29,31,39). The highest BCUT2D eigenvalue weighted by atomic mass is 79.9. The number of hydrogen-bond acceptors (Lipinski definition) is 7. The number of hydrogen-bond donors (Lipinski definition) is 3. The average Bonchev–Trinajstić information content (AvgIpc) is 2.90. The van der Waals surface area contributed by atoms with Gasteiger partial charge in [-0.2, -0.15) is 0 Å². The van der Waals surface area contributed by atoms with Crippen molar-refractivity contribution in [2.45, 2.75) is 6.61 Å². The Kier molecular flexibility index (Phi) is 8.07. The molecule has 12 heteroatoms. The Balaban J connectivity index is 1.62. The molecule has 0 unspecified atom stereocenters. The van der Waals surface area contributed by atoms with Gasteiger partial charge in [-0.1, -0.05) is 18.2 Å². The van der Waals surface area contributed by atoms with Crippen LogP contribution >= 0.6 is 28.1 Å². The van der Waals surface area contributed by atoms with Gasteiger partial charge in [0.1, 0.15) is 12.2 Å². The number of rotatable bonds is 8. The van der Waals surface area contributed by atoms with Gasteiger partial charge in [0.25, 0.3) is 11.8 Å². The molecule has 198 valence electrons. The van der Waals surface area contributed by atoms with Gasteiger partial charge in [-0.15, -0.1) is 0 Å². The summed E-state index contributed by atoms with van der Waals surface area (Å²) in [5, 5.41) is 20.6. The third kappa shape index (κ3) is 5.97. The van der Waals surface area contributed by atoms with Gasteiger partial charge in [-0.25, -0.2) is 9.59 Å². The molecule has 1 saturated heterocycles. The SMILES string of the molecule is COc1cc(C=C2C(=O)NC(=S)N(c3cccc(C(=O)O)c3)C2=O)cc(Br)c1OCc1ccc(C(=O)O)cc1. The molecule has 3 aromatic carbocycles. The van der Waals surface area contributed by atoms with Crippen LogP contribution in [0.5, 0.6) is 11.5 Å². The molecule has 2 amide bonds. The van der Waals surface area contributed by atoms with E-state index in [0.29, 0.717) is 21.5 Å². The quantitative estimate of drug-likeness (QED) is 0.194. The van der Waals surface area contributed by atoms with Crippen molar-refractivity contribution < 1.29 is 38.9 Å². The van der Waals surface area contributed by atoms with Crippen molar-refractivity contribution in [2.24, 2.45) is 0 Å². The highest BCUT2D eigenvalue weighted by molar-refractivity contribution is 9.10. The number of methoxy groups -OCH3 is 1. The second-order valence-electron chi connectivity index (χ2n) is 8.14. The highest BCUT2D eigenvalue weighted by Gasteiger charge is 2.35. The van der Waals surface area contributed by atoms with Crippen molar-refractivity contribution in [3.05, 3.63) is 93.0 Å². The summed E-state index contributed by atoms with van der Waals surface area (Å²) in [6, 6.07) is 15.0. The summed E-state index contributed by atoms with van der Waals surface area (Å²) in [7, 11) is 1.43. The Labute approximate surface area is 235 Å². The van der Waals surface area contributed by atoms with Crippen molar-refractivity contribution in [2.75, 3.05) is 12.0 Å². The third-order valence-electron chi connectivity index (χ3n) is 5.60. The number of benzene rings is 3. The summed E-state index contributed by atoms with van der Waals surface area (Å²) >= 11 is 8.62. The van der Waals surface area contributed by atoms with E-state index in [9.17, 15) is 24.3 Å². The van der Waals surface area contributed by atoms with Gasteiger partial charge >= 0.3 is 11.9 Å². The fraction of sp³-hybridized carbons (Fsp3) is 0.0741. The molecule has 1 aliphatic rings. The smallest absolute Gasteiger partial charge is 0.335 e. The molecule has 0 radical (unpaired) electrons. The summed E-state index contributed by atoms with van der Waals surface area (Å²) in [6.45, 7) is 0.123. The zero-order valence-corrected chi connectivity index (χ0v) is 22.5. The zero-order chi connectivity index (χ0) is 28.3. The van der Waals surface area contributed by atoms with Crippen LogP contribution in [0.15, 0.2) is 70.7 Å². The number of carboxylic acid groups (broad SMARTS) is 2. The molecule has 0 aromatic heterocycles. The van der Waals surface area contributed by atoms with Gasteiger partial charge in [0.2, 0.25) is 0 Å². The number of carbonyl (C=O) groups excluding carboxylic acids is 2. The molecule has 3 aromatic rings. The van der Waals surface area contributed by atoms with Crippen LogP contribution < -0.4 is 19.7 Å². The molecular weight excluding hydrogens is 592 g/mol. The first-order chi connectivity index (χ1) is 18.6. The summed E-state index contributed by atoms with van der Waals surface area (Å²) in [5.41, 5.74) is 1.23. The summed E-state index contributed by atoms with van der Waals surface area (Å²) in [6.07, 6.45) is 1.36. The van der Waals surface area contributed by atoms with Gasteiger partial charge in [-0.05, 0) is 87.8 Å². The van der Waals surface area contributed by atoms with E-state index >= 15 is 0 Å². The molecule has 1 heterocycles. The van der Waals surface area contributed by atoms with Gasteiger partial charge < -0.3 is 19.7 Å². The number of amides is 2. The lowest BCUT2D eigenvalue weighted by Crippen LogP contribution is -2.54. The number of halogens is 1. The average molecular weight is 611 g/mol. The molecule has 10 nitrogen and oxygen atoms in total. The number of nitrogens with one attached hydrogen (secondary N) is 1. The van der Waals surface area contributed by atoms with Crippen LogP contribution in [0.2, 0.25) is 0 Å². The van der Waals surface area contributed by atoms with Crippen LogP contribution in [0, 0.1) is 0 Å². The molecule has 39 heavy (non-hydrogen) atoms. The second kappa shape index (κ2) is 11.5. The van der Waals surface area contributed by atoms with E-state index < -0.39 is 23.8 Å². The Hall–Kier alpha value is -4.55. The Bertz CT molecular complexity index is 1550. The van der Waals surface area contributed by atoms with Crippen LogP contribution in [0.3, 0.4) is 0 Å². The summed E-state index contributed by atoms with van der Waals surface area (Å²) < 4.78 is 11.8. The van der Waals surface area contributed by atoms with Gasteiger partial charge in [0.15, 0.2) is 16.6 Å². The number of carboxylic acids is 2. The molecule has 0 atom stereocenters. The largest absolute Gasteiger partial charge is 0.493 e. The molecule has 3 N–H and O–H groups in total. The van der Waals surface area contributed by atoms with E-state index in [1.165, 1.54) is 49.6 Å². The number of ether oxygens (including phenoxy) is 2. The lowest BCUT2D eigenvalue weighted by atomic mass is 10.1. The van der Waals surface area contributed by atoms with Crippen molar-refractivity contribution in [3.63, 3.8) is 0 Å². The van der Waals surface area contributed by atoms with E-state index in [1.807, 2.05) is 0 Å². The third-order valence-corrected chi connectivity index (χ3v) is 6.47. The van der Waals surface area contributed by atoms with Gasteiger partial charge in [0, 0.05) is 0 Å². The van der Waals surface area contributed by atoms with E-state index in [0.717, 1.165) is 10.5 Å². The van der Waals surface area contributed by atoms with Crippen LogP contribution in [0.1, 0.15) is 31.8 Å². The maximum atomic E-state index is 13.3. The molecule has 4 rings (SSSR count). The van der Waals surface area contributed by atoms with Gasteiger partial charge in [0.05, 0.1) is 28.4 Å². The van der Waals surface area contributed by atoms with E-state index in [-0.39, 0.29) is 34.1 Å².